The first-order valence-corrected chi connectivity index (χ1v) is 7.03. The minimum atomic E-state index is -0.752. The summed E-state index contributed by atoms with van der Waals surface area (Å²) >= 11 is 3.31. The van der Waals surface area contributed by atoms with Crippen molar-refractivity contribution >= 4 is 15.9 Å². The lowest BCUT2D eigenvalue weighted by atomic mass is 10.1. The van der Waals surface area contributed by atoms with Gasteiger partial charge in [0.05, 0.1) is 24.3 Å². The Balaban J connectivity index is 2.18. The van der Waals surface area contributed by atoms with Crippen molar-refractivity contribution in [2.24, 2.45) is 0 Å². The van der Waals surface area contributed by atoms with Gasteiger partial charge >= 0.3 is 0 Å². The number of aliphatic hydroxyl groups is 1. The van der Waals surface area contributed by atoms with Crippen molar-refractivity contribution in [2.75, 3.05) is 0 Å². The summed E-state index contributed by atoms with van der Waals surface area (Å²) in [6.45, 7) is 2.86. The number of imidazole rings is 1. The van der Waals surface area contributed by atoms with Crippen molar-refractivity contribution in [3.05, 3.63) is 52.3 Å². The molecule has 0 saturated carbocycles. The molecule has 5 heteroatoms. The van der Waals surface area contributed by atoms with Gasteiger partial charge in [0.25, 0.3) is 0 Å². The maximum Gasteiger partial charge on any atom is 0.126 e. The Morgan fingerprint density at radius 3 is 3.00 bits per heavy atom. The van der Waals surface area contributed by atoms with Gasteiger partial charge in [-0.3, -0.25) is 0 Å². The average molecular weight is 327 g/mol. The van der Waals surface area contributed by atoms with E-state index in [4.69, 9.17) is 0 Å². The number of nitrogens with zero attached hydrogens (tertiary/aromatic N) is 2. The molecule has 3 nitrogen and oxygen atoms in total. The molecule has 2 rings (SSSR count). The van der Waals surface area contributed by atoms with E-state index >= 15 is 0 Å². The molecule has 1 heterocycles. The van der Waals surface area contributed by atoms with Crippen molar-refractivity contribution in [2.45, 2.75) is 32.4 Å². The van der Waals surface area contributed by atoms with Gasteiger partial charge in [-0.25, -0.2) is 9.37 Å². The minimum absolute atomic E-state index is 0.237. The van der Waals surface area contributed by atoms with Crippen LogP contribution in [0, 0.1) is 5.82 Å². The second-order valence-electron chi connectivity index (χ2n) is 4.47. The summed E-state index contributed by atoms with van der Waals surface area (Å²) in [5, 5.41) is 10.2. The van der Waals surface area contributed by atoms with Gasteiger partial charge in [-0.1, -0.05) is 22.9 Å². The highest BCUT2D eigenvalue weighted by Gasteiger charge is 2.15. The number of benzene rings is 1. The number of halogens is 2. The Morgan fingerprint density at radius 2 is 2.26 bits per heavy atom. The maximum atomic E-state index is 13.7. The highest BCUT2D eigenvalue weighted by molar-refractivity contribution is 9.10. The normalized spacial score (nSPS) is 12.6. The fraction of sp³-hybridized carbons (Fsp3) is 0.357. The van der Waals surface area contributed by atoms with E-state index in [0.717, 1.165) is 23.1 Å². The molecular formula is C14H16BrFN2O. The van der Waals surface area contributed by atoms with Crippen molar-refractivity contribution in [1.29, 1.82) is 0 Å². The summed E-state index contributed by atoms with van der Waals surface area (Å²) < 4.78 is 16.4. The molecule has 1 unspecified atom stereocenters. The quantitative estimate of drug-likeness (QED) is 0.913. The molecule has 102 valence electrons. The van der Waals surface area contributed by atoms with Gasteiger partial charge in [-0.05, 0) is 30.2 Å². The lowest BCUT2D eigenvalue weighted by Gasteiger charge is -2.14. The molecule has 0 saturated heterocycles. The lowest BCUT2D eigenvalue weighted by molar-refractivity contribution is 0.167. The van der Waals surface area contributed by atoms with E-state index in [1.54, 1.807) is 24.7 Å². The molecule has 0 bridgehead atoms. The van der Waals surface area contributed by atoms with Gasteiger partial charge in [0.15, 0.2) is 0 Å². The number of hydrogen-bond acceptors (Lipinski definition) is 2. The molecule has 1 aromatic heterocycles. The van der Waals surface area contributed by atoms with Crippen LogP contribution in [-0.2, 0) is 13.0 Å². The van der Waals surface area contributed by atoms with Crippen LogP contribution >= 0.6 is 15.9 Å². The summed E-state index contributed by atoms with van der Waals surface area (Å²) in [5.74, 6) is -0.302. The van der Waals surface area contributed by atoms with Gasteiger partial charge in [0, 0.05) is 17.4 Å². The van der Waals surface area contributed by atoms with Gasteiger partial charge < -0.3 is 9.67 Å². The number of rotatable bonds is 5. The van der Waals surface area contributed by atoms with E-state index in [2.05, 4.69) is 27.8 Å². The van der Waals surface area contributed by atoms with Crippen LogP contribution in [-0.4, -0.2) is 14.7 Å². The molecule has 0 aliphatic heterocycles. The monoisotopic (exact) mass is 326 g/mol. The largest absolute Gasteiger partial charge is 0.386 e. The standard InChI is InChI=1S/C14H16BrFN2O/c1-2-5-18-9-17-8-13(18)14(19)7-10-6-11(15)3-4-12(10)16/h3-4,6,8-9,14,19H,2,5,7H2,1H3. The Kier molecular flexibility index (Phi) is 4.71. The SMILES string of the molecule is CCCn1cncc1C(O)Cc1cc(Br)ccc1F. The van der Waals surface area contributed by atoms with Crippen molar-refractivity contribution in [1.82, 2.24) is 9.55 Å². The first-order chi connectivity index (χ1) is 9.11. The van der Waals surface area contributed by atoms with Crippen LogP contribution < -0.4 is 0 Å². The van der Waals surface area contributed by atoms with E-state index in [9.17, 15) is 9.50 Å². The van der Waals surface area contributed by atoms with Gasteiger partial charge in [0.2, 0.25) is 0 Å². The zero-order valence-corrected chi connectivity index (χ0v) is 12.3. The average Bonchev–Trinajstić information content (AvgIpc) is 2.82. The lowest BCUT2D eigenvalue weighted by Crippen LogP contribution is -2.10. The fourth-order valence-electron chi connectivity index (χ4n) is 2.05. The Hall–Kier alpha value is -1.20. The fourth-order valence-corrected chi connectivity index (χ4v) is 2.46. The maximum absolute atomic E-state index is 13.7. The molecule has 0 aliphatic carbocycles. The smallest absolute Gasteiger partial charge is 0.126 e. The molecular weight excluding hydrogens is 311 g/mol. The van der Waals surface area contributed by atoms with Crippen LogP contribution in [0.25, 0.3) is 0 Å². The third-order valence-corrected chi connectivity index (χ3v) is 3.46. The van der Waals surface area contributed by atoms with E-state index in [1.807, 2.05) is 4.57 Å². The van der Waals surface area contributed by atoms with E-state index in [1.165, 1.54) is 6.07 Å². The zero-order valence-electron chi connectivity index (χ0n) is 10.7. The second kappa shape index (κ2) is 6.30. The highest BCUT2D eigenvalue weighted by Crippen LogP contribution is 2.22. The van der Waals surface area contributed by atoms with Crippen LogP contribution in [0.3, 0.4) is 0 Å². The molecule has 0 fully saturated rings. The molecule has 19 heavy (non-hydrogen) atoms. The zero-order chi connectivity index (χ0) is 13.8. The van der Waals surface area contributed by atoms with Crippen LogP contribution in [0.1, 0.15) is 30.7 Å². The minimum Gasteiger partial charge on any atom is -0.386 e. The van der Waals surface area contributed by atoms with Crippen LogP contribution in [0.2, 0.25) is 0 Å². The number of hydrogen-bond donors (Lipinski definition) is 1. The van der Waals surface area contributed by atoms with E-state index in [-0.39, 0.29) is 12.2 Å². The Bertz CT molecular complexity index is 556. The molecule has 0 spiro atoms. The molecule has 0 amide bonds. The topological polar surface area (TPSA) is 38.0 Å². The predicted molar refractivity (Wildman–Crippen MR) is 75.3 cm³/mol. The molecule has 2 aromatic rings. The second-order valence-corrected chi connectivity index (χ2v) is 5.38. The number of aromatic nitrogens is 2. The molecule has 0 aliphatic rings. The molecule has 1 aromatic carbocycles. The summed E-state index contributed by atoms with van der Waals surface area (Å²) in [5.41, 5.74) is 1.22. The first kappa shape index (κ1) is 14.2. The summed E-state index contributed by atoms with van der Waals surface area (Å²) in [7, 11) is 0. The highest BCUT2D eigenvalue weighted by atomic mass is 79.9. The van der Waals surface area contributed by atoms with E-state index < -0.39 is 6.10 Å². The number of aliphatic hydroxyl groups excluding tert-OH is 1. The summed E-state index contributed by atoms with van der Waals surface area (Å²) in [6, 6.07) is 4.74. The Morgan fingerprint density at radius 1 is 1.47 bits per heavy atom. The van der Waals surface area contributed by atoms with E-state index in [0.29, 0.717) is 5.56 Å². The third-order valence-electron chi connectivity index (χ3n) is 2.97. The predicted octanol–water partition coefficient (Wildman–Crippen LogP) is 3.47. The summed E-state index contributed by atoms with van der Waals surface area (Å²) in [4.78, 5) is 4.04. The van der Waals surface area contributed by atoms with Gasteiger partial charge in [-0.15, -0.1) is 0 Å². The third kappa shape index (κ3) is 3.42. The van der Waals surface area contributed by atoms with Gasteiger partial charge in [0.1, 0.15) is 5.82 Å². The van der Waals surface area contributed by atoms with Crippen molar-refractivity contribution < 1.29 is 9.50 Å². The van der Waals surface area contributed by atoms with Crippen molar-refractivity contribution in [3.63, 3.8) is 0 Å². The van der Waals surface area contributed by atoms with Crippen LogP contribution in [0.15, 0.2) is 35.2 Å². The van der Waals surface area contributed by atoms with Gasteiger partial charge in [-0.2, -0.15) is 0 Å². The van der Waals surface area contributed by atoms with Crippen LogP contribution in [0.4, 0.5) is 4.39 Å². The first-order valence-electron chi connectivity index (χ1n) is 6.23. The van der Waals surface area contributed by atoms with Crippen LogP contribution in [0.5, 0.6) is 0 Å². The summed E-state index contributed by atoms with van der Waals surface area (Å²) in [6.07, 6.45) is 3.77. The van der Waals surface area contributed by atoms with Crippen molar-refractivity contribution in [3.8, 4) is 0 Å². The molecule has 1 N–H and O–H groups in total. The number of aryl methyl sites for hydroxylation is 1. The Labute approximate surface area is 120 Å². The molecule has 0 radical (unpaired) electrons. The molecule has 1 atom stereocenters.